The van der Waals surface area contributed by atoms with Gasteiger partial charge in [-0.25, -0.2) is 0 Å². The first kappa shape index (κ1) is 11.0. The van der Waals surface area contributed by atoms with Crippen LogP contribution in [0.1, 0.15) is 26.0 Å². The summed E-state index contributed by atoms with van der Waals surface area (Å²) in [5.74, 6) is 0. The normalized spacial score (nSPS) is 8.58. The van der Waals surface area contributed by atoms with Gasteiger partial charge in [0, 0.05) is 12.7 Å². The molecule has 0 saturated carbocycles. The third kappa shape index (κ3) is 3.96. The van der Waals surface area contributed by atoms with Crippen molar-refractivity contribution in [3.05, 3.63) is 30.6 Å². The SMILES string of the molecule is C=CCCn1ccc(C)n1.CC. The number of allylic oxidation sites excluding steroid dienone is 1. The van der Waals surface area contributed by atoms with Gasteiger partial charge >= 0.3 is 0 Å². The lowest BCUT2D eigenvalue weighted by molar-refractivity contribution is 0.619. The van der Waals surface area contributed by atoms with Crippen molar-refractivity contribution >= 4 is 0 Å². The van der Waals surface area contributed by atoms with Crippen LogP contribution >= 0.6 is 0 Å². The number of rotatable bonds is 3. The van der Waals surface area contributed by atoms with Crippen molar-refractivity contribution in [2.45, 2.75) is 33.7 Å². The van der Waals surface area contributed by atoms with Gasteiger partial charge in [-0.15, -0.1) is 6.58 Å². The Kier molecular flexibility index (Phi) is 6.07. The highest BCUT2D eigenvalue weighted by Crippen LogP contribution is 1.94. The van der Waals surface area contributed by atoms with E-state index in [4.69, 9.17) is 0 Å². The Morgan fingerprint density at radius 3 is 2.67 bits per heavy atom. The van der Waals surface area contributed by atoms with Crippen LogP contribution in [0.5, 0.6) is 0 Å². The van der Waals surface area contributed by atoms with E-state index in [2.05, 4.69) is 11.7 Å². The van der Waals surface area contributed by atoms with E-state index < -0.39 is 0 Å². The second-order valence-corrected chi connectivity index (χ2v) is 2.30. The Bertz CT molecular complexity index is 213. The average Bonchev–Trinajstić information content (AvgIpc) is 2.51. The molecule has 0 aliphatic carbocycles. The van der Waals surface area contributed by atoms with Crippen molar-refractivity contribution < 1.29 is 0 Å². The standard InChI is InChI=1S/C8H12N2.C2H6/c1-3-4-6-10-7-5-8(2)9-10;1-2/h3,5,7H,1,4,6H2,2H3;1-2H3. The lowest BCUT2D eigenvalue weighted by Gasteiger charge is -1.94. The molecule has 0 atom stereocenters. The summed E-state index contributed by atoms with van der Waals surface area (Å²) in [4.78, 5) is 0. The van der Waals surface area contributed by atoms with E-state index in [1.165, 1.54) is 0 Å². The maximum absolute atomic E-state index is 4.22. The van der Waals surface area contributed by atoms with E-state index in [1.807, 2.05) is 43.8 Å². The van der Waals surface area contributed by atoms with E-state index in [1.54, 1.807) is 0 Å². The second kappa shape index (κ2) is 6.65. The highest BCUT2D eigenvalue weighted by molar-refractivity contribution is 4.94. The third-order valence-electron chi connectivity index (χ3n) is 1.34. The molecule has 1 aromatic rings. The van der Waals surface area contributed by atoms with Crippen LogP contribution < -0.4 is 0 Å². The fourth-order valence-electron chi connectivity index (χ4n) is 0.811. The number of hydrogen-bond donors (Lipinski definition) is 0. The van der Waals surface area contributed by atoms with Crippen LogP contribution in [-0.4, -0.2) is 9.78 Å². The summed E-state index contributed by atoms with van der Waals surface area (Å²) in [5.41, 5.74) is 1.07. The largest absolute Gasteiger partial charge is 0.272 e. The van der Waals surface area contributed by atoms with Gasteiger partial charge in [0.15, 0.2) is 0 Å². The monoisotopic (exact) mass is 166 g/mol. The zero-order valence-electron chi connectivity index (χ0n) is 8.25. The minimum absolute atomic E-state index is 0.942. The Morgan fingerprint density at radius 1 is 1.58 bits per heavy atom. The highest BCUT2D eigenvalue weighted by atomic mass is 15.3. The zero-order valence-corrected chi connectivity index (χ0v) is 8.25. The molecule has 1 aromatic heterocycles. The Morgan fingerprint density at radius 2 is 2.25 bits per heavy atom. The molecule has 0 unspecified atom stereocenters. The topological polar surface area (TPSA) is 17.8 Å². The predicted molar refractivity (Wildman–Crippen MR) is 53.1 cm³/mol. The van der Waals surface area contributed by atoms with Crippen molar-refractivity contribution in [3.8, 4) is 0 Å². The molecule has 2 nitrogen and oxygen atoms in total. The minimum Gasteiger partial charge on any atom is -0.272 e. The molecule has 0 saturated heterocycles. The molecular formula is C10H18N2. The Labute approximate surface area is 74.9 Å². The van der Waals surface area contributed by atoms with Crippen LogP contribution in [0.4, 0.5) is 0 Å². The van der Waals surface area contributed by atoms with E-state index in [0.717, 1.165) is 18.7 Å². The number of aryl methyl sites for hydroxylation is 2. The van der Waals surface area contributed by atoms with Gasteiger partial charge in [-0.2, -0.15) is 5.10 Å². The molecule has 0 fully saturated rings. The molecule has 0 spiro atoms. The smallest absolute Gasteiger partial charge is 0.0593 e. The molecule has 2 heteroatoms. The molecule has 1 rings (SSSR count). The van der Waals surface area contributed by atoms with Gasteiger partial charge < -0.3 is 0 Å². The lowest BCUT2D eigenvalue weighted by atomic mass is 10.4. The molecule has 0 bridgehead atoms. The van der Waals surface area contributed by atoms with Gasteiger partial charge in [-0.05, 0) is 19.4 Å². The molecule has 0 N–H and O–H groups in total. The van der Waals surface area contributed by atoms with E-state index in [0.29, 0.717) is 0 Å². The van der Waals surface area contributed by atoms with Gasteiger partial charge in [-0.3, -0.25) is 4.68 Å². The van der Waals surface area contributed by atoms with Crippen LogP contribution in [0.3, 0.4) is 0 Å². The van der Waals surface area contributed by atoms with Crippen molar-refractivity contribution in [1.29, 1.82) is 0 Å². The molecule has 0 amide bonds. The third-order valence-corrected chi connectivity index (χ3v) is 1.34. The average molecular weight is 166 g/mol. The molecule has 0 aliphatic heterocycles. The minimum atomic E-state index is 0.942. The fraction of sp³-hybridized carbons (Fsp3) is 0.500. The molecule has 1 heterocycles. The molecule has 68 valence electrons. The van der Waals surface area contributed by atoms with Gasteiger partial charge in [0.25, 0.3) is 0 Å². The summed E-state index contributed by atoms with van der Waals surface area (Å²) in [6, 6.07) is 2.00. The van der Waals surface area contributed by atoms with E-state index in [-0.39, 0.29) is 0 Å². The number of nitrogens with zero attached hydrogens (tertiary/aromatic N) is 2. The zero-order chi connectivity index (χ0) is 9.40. The number of hydrogen-bond acceptors (Lipinski definition) is 1. The van der Waals surface area contributed by atoms with Crippen LogP contribution in [0.25, 0.3) is 0 Å². The van der Waals surface area contributed by atoms with Crippen molar-refractivity contribution in [2.24, 2.45) is 0 Å². The van der Waals surface area contributed by atoms with Crippen LogP contribution in [-0.2, 0) is 6.54 Å². The summed E-state index contributed by atoms with van der Waals surface area (Å²) in [6.45, 7) is 10.6. The van der Waals surface area contributed by atoms with Crippen molar-refractivity contribution in [1.82, 2.24) is 9.78 Å². The predicted octanol–water partition coefficient (Wildman–Crippen LogP) is 2.79. The van der Waals surface area contributed by atoms with Crippen molar-refractivity contribution in [3.63, 3.8) is 0 Å². The summed E-state index contributed by atoms with van der Waals surface area (Å²) in [6.07, 6.45) is 4.87. The summed E-state index contributed by atoms with van der Waals surface area (Å²) in [7, 11) is 0. The van der Waals surface area contributed by atoms with E-state index in [9.17, 15) is 0 Å². The Balaban J connectivity index is 0.000000561. The summed E-state index contributed by atoms with van der Waals surface area (Å²) in [5, 5.41) is 4.22. The highest BCUT2D eigenvalue weighted by Gasteiger charge is 1.89. The van der Waals surface area contributed by atoms with Crippen LogP contribution in [0, 0.1) is 6.92 Å². The van der Waals surface area contributed by atoms with Gasteiger partial charge in [-0.1, -0.05) is 19.9 Å². The van der Waals surface area contributed by atoms with Crippen LogP contribution in [0.15, 0.2) is 24.9 Å². The second-order valence-electron chi connectivity index (χ2n) is 2.30. The first-order valence-corrected chi connectivity index (χ1v) is 4.44. The van der Waals surface area contributed by atoms with Gasteiger partial charge in [0.1, 0.15) is 0 Å². The maximum Gasteiger partial charge on any atom is 0.0593 e. The maximum atomic E-state index is 4.22. The molecule has 0 aromatic carbocycles. The summed E-state index contributed by atoms with van der Waals surface area (Å²) >= 11 is 0. The number of aromatic nitrogens is 2. The fourth-order valence-corrected chi connectivity index (χ4v) is 0.811. The Hall–Kier alpha value is -1.05. The first-order chi connectivity index (χ1) is 5.83. The van der Waals surface area contributed by atoms with Gasteiger partial charge in [0.2, 0.25) is 0 Å². The molecule has 12 heavy (non-hydrogen) atoms. The quantitative estimate of drug-likeness (QED) is 0.631. The molecule has 0 aliphatic rings. The summed E-state index contributed by atoms with van der Waals surface area (Å²) < 4.78 is 1.93. The molecule has 0 radical (unpaired) electrons. The van der Waals surface area contributed by atoms with E-state index >= 15 is 0 Å². The van der Waals surface area contributed by atoms with Crippen LogP contribution in [0.2, 0.25) is 0 Å². The molecular weight excluding hydrogens is 148 g/mol. The lowest BCUT2D eigenvalue weighted by Crippen LogP contribution is -1.96. The first-order valence-electron chi connectivity index (χ1n) is 4.44. The van der Waals surface area contributed by atoms with Gasteiger partial charge in [0.05, 0.1) is 5.69 Å². The van der Waals surface area contributed by atoms with Crippen molar-refractivity contribution in [2.75, 3.05) is 0 Å².